The molecule has 13 heavy (non-hydrogen) atoms. The van der Waals surface area contributed by atoms with Gasteiger partial charge in [-0.1, -0.05) is 0 Å². The van der Waals surface area contributed by atoms with Crippen molar-refractivity contribution in [3.8, 4) is 0 Å². The van der Waals surface area contributed by atoms with Crippen molar-refractivity contribution in [1.29, 1.82) is 0 Å². The maximum atomic E-state index is 10.1. The molecule has 0 aliphatic carbocycles. The quantitative estimate of drug-likeness (QED) is 0.352. The van der Waals surface area contributed by atoms with Crippen LogP contribution in [0.15, 0.2) is 4.99 Å². The molecular formula is C9H15NO3. The van der Waals surface area contributed by atoms with Crippen LogP contribution in [0, 0.1) is 0 Å². The number of nitrogens with zero attached hydrogens (tertiary/aromatic N) is 1. The summed E-state index contributed by atoms with van der Waals surface area (Å²) in [7, 11) is 0. The fourth-order valence-corrected chi connectivity index (χ4v) is 0.797. The molecule has 0 unspecified atom stereocenters. The van der Waals surface area contributed by atoms with Crippen molar-refractivity contribution in [2.75, 3.05) is 6.54 Å². The van der Waals surface area contributed by atoms with Crippen LogP contribution < -0.4 is 0 Å². The molecule has 0 rings (SSSR count). The SMILES string of the molecule is O=CCCC/C=N/CCCC(=O)O. The number of carbonyl (C=O) groups excluding carboxylic acids is 1. The molecule has 0 aliphatic heterocycles. The molecule has 0 bridgehead atoms. The number of unbranched alkanes of at least 4 members (excludes halogenated alkanes) is 2. The second kappa shape index (κ2) is 8.90. The lowest BCUT2D eigenvalue weighted by Gasteiger charge is -1.91. The maximum Gasteiger partial charge on any atom is 0.303 e. The predicted octanol–water partition coefficient (Wildman–Crippen LogP) is 1.29. The average Bonchev–Trinajstić information content (AvgIpc) is 2.09. The second-order valence-corrected chi connectivity index (χ2v) is 2.68. The lowest BCUT2D eigenvalue weighted by molar-refractivity contribution is -0.137. The van der Waals surface area contributed by atoms with E-state index < -0.39 is 5.97 Å². The molecule has 0 heterocycles. The summed E-state index contributed by atoms with van der Waals surface area (Å²) in [5, 5.41) is 8.30. The van der Waals surface area contributed by atoms with E-state index in [1.165, 1.54) is 0 Å². The Morgan fingerprint density at radius 2 is 2.08 bits per heavy atom. The normalized spacial score (nSPS) is 10.5. The Morgan fingerprint density at radius 1 is 1.31 bits per heavy atom. The monoisotopic (exact) mass is 185 g/mol. The Balaban J connectivity index is 3.12. The third-order valence-electron chi connectivity index (χ3n) is 1.46. The minimum atomic E-state index is -0.781. The molecule has 0 saturated carbocycles. The van der Waals surface area contributed by atoms with Gasteiger partial charge in [-0.05, 0) is 25.5 Å². The molecule has 4 heteroatoms. The highest BCUT2D eigenvalue weighted by atomic mass is 16.4. The van der Waals surface area contributed by atoms with Crippen molar-refractivity contribution in [2.24, 2.45) is 4.99 Å². The van der Waals surface area contributed by atoms with E-state index in [4.69, 9.17) is 5.11 Å². The van der Waals surface area contributed by atoms with Gasteiger partial charge in [0.15, 0.2) is 0 Å². The van der Waals surface area contributed by atoms with Crippen molar-refractivity contribution in [1.82, 2.24) is 0 Å². The summed E-state index contributed by atoms with van der Waals surface area (Å²) < 4.78 is 0. The first-order valence-electron chi connectivity index (χ1n) is 4.41. The number of carboxylic acid groups (broad SMARTS) is 1. The molecule has 0 atom stereocenters. The fourth-order valence-electron chi connectivity index (χ4n) is 0.797. The third-order valence-corrected chi connectivity index (χ3v) is 1.46. The smallest absolute Gasteiger partial charge is 0.303 e. The van der Waals surface area contributed by atoms with Crippen molar-refractivity contribution >= 4 is 18.5 Å². The molecule has 74 valence electrons. The number of hydrogen-bond donors (Lipinski definition) is 1. The molecule has 0 aromatic rings. The van der Waals surface area contributed by atoms with Gasteiger partial charge >= 0.3 is 5.97 Å². The van der Waals surface area contributed by atoms with E-state index in [9.17, 15) is 9.59 Å². The van der Waals surface area contributed by atoms with Gasteiger partial charge in [0.05, 0.1) is 0 Å². The van der Waals surface area contributed by atoms with Gasteiger partial charge in [0.2, 0.25) is 0 Å². The van der Waals surface area contributed by atoms with E-state index in [1.54, 1.807) is 6.21 Å². The van der Waals surface area contributed by atoms with E-state index in [-0.39, 0.29) is 6.42 Å². The van der Waals surface area contributed by atoms with Gasteiger partial charge < -0.3 is 9.90 Å². The number of hydrogen-bond acceptors (Lipinski definition) is 3. The van der Waals surface area contributed by atoms with Crippen molar-refractivity contribution in [3.05, 3.63) is 0 Å². The first-order valence-corrected chi connectivity index (χ1v) is 4.41. The van der Waals surface area contributed by atoms with E-state index >= 15 is 0 Å². The van der Waals surface area contributed by atoms with Gasteiger partial charge in [-0.3, -0.25) is 9.79 Å². The van der Waals surface area contributed by atoms with Crippen molar-refractivity contribution in [3.63, 3.8) is 0 Å². The van der Waals surface area contributed by atoms with Crippen LogP contribution in [-0.4, -0.2) is 30.1 Å². The molecule has 4 nitrogen and oxygen atoms in total. The first kappa shape index (κ1) is 11.8. The number of aliphatic imine (C=N–C) groups is 1. The van der Waals surface area contributed by atoms with Gasteiger partial charge in [0.1, 0.15) is 6.29 Å². The largest absolute Gasteiger partial charge is 0.481 e. The van der Waals surface area contributed by atoms with Crippen molar-refractivity contribution in [2.45, 2.75) is 32.1 Å². The maximum absolute atomic E-state index is 10.1. The molecule has 0 amide bonds. The Labute approximate surface area is 77.7 Å². The lowest BCUT2D eigenvalue weighted by Crippen LogP contribution is -1.95. The van der Waals surface area contributed by atoms with Crippen LogP contribution in [0.25, 0.3) is 0 Å². The molecule has 0 saturated heterocycles. The van der Waals surface area contributed by atoms with Crippen LogP contribution in [0.5, 0.6) is 0 Å². The molecule has 0 aromatic heterocycles. The Hall–Kier alpha value is -1.19. The summed E-state index contributed by atoms with van der Waals surface area (Å²) in [4.78, 5) is 24.0. The number of aliphatic carboxylic acids is 1. The standard InChI is InChI=1S/C9H15NO3/c11-8-3-1-2-6-10-7-4-5-9(12)13/h6,8H,1-5,7H2,(H,12,13)/b10-6+. The van der Waals surface area contributed by atoms with Crippen LogP contribution in [0.2, 0.25) is 0 Å². The second-order valence-electron chi connectivity index (χ2n) is 2.68. The Bertz CT molecular complexity index is 178. The van der Waals surface area contributed by atoms with Crippen molar-refractivity contribution < 1.29 is 14.7 Å². The Morgan fingerprint density at radius 3 is 2.69 bits per heavy atom. The molecule has 0 spiro atoms. The zero-order valence-corrected chi connectivity index (χ0v) is 7.61. The van der Waals surface area contributed by atoms with E-state index in [2.05, 4.69) is 4.99 Å². The molecule has 1 N–H and O–H groups in total. The molecule has 0 aliphatic rings. The topological polar surface area (TPSA) is 66.7 Å². The van der Waals surface area contributed by atoms with Crippen LogP contribution in [0.3, 0.4) is 0 Å². The summed E-state index contributed by atoms with van der Waals surface area (Å²) in [6.45, 7) is 0.563. The van der Waals surface area contributed by atoms with Gasteiger partial charge in [-0.15, -0.1) is 0 Å². The molecular weight excluding hydrogens is 170 g/mol. The number of carbonyl (C=O) groups is 2. The highest BCUT2D eigenvalue weighted by Gasteiger charge is 1.93. The highest BCUT2D eigenvalue weighted by molar-refractivity contribution is 5.66. The van der Waals surface area contributed by atoms with E-state index in [0.29, 0.717) is 19.4 Å². The van der Waals surface area contributed by atoms with Crippen LogP contribution in [0.1, 0.15) is 32.1 Å². The van der Waals surface area contributed by atoms with Crippen LogP contribution in [0.4, 0.5) is 0 Å². The van der Waals surface area contributed by atoms with Gasteiger partial charge in [-0.2, -0.15) is 0 Å². The van der Waals surface area contributed by atoms with Gasteiger partial charge in [0, 0.05) is 19.4 Å². The Kier molecular flexibility index (Phi) is 8.09. The predicted molar refractivity (Wildman–Crippen MR) is 50.1 cm³/mol. The number of carboxylic acids is 1. The minimum Gasteiger partial charge on any atom is -0.481 e. The fraction of sp³-hybridized carbons (Fsp3) is 0.667. The van der Waals surface area contributed by atoms with E-state index in [1.807, 2.05) is 0 Å². The summed E-state index contributed by atoms with van der Waals surface area (Å²) in [5.41, 5.74) is 0. The van der Waals surface area contributed by atoms with Gasteiger partial charge in [0.25, 0.3) is 0 Å². The zero-order chi connectivity index (χ0) is 9.94. The number of rotatable bonds is 8. The van der Waals surface area contributed by atoms with E-state index in [0.717, 1.165) is 19.1 Å². The summed E-state index contributed by atoms with van der Waals surface area (Å²) >= 11 is 0. The highest BCUT2D eigenvalue weighted by Crippen LogP contribution is 1.91. The molecule has 0 radical (unpaired) electrons. The molecule has 0 aromatic carbocycles. The minimum absolute atomic E-state index is 0.172. The molecule has 0 fully saturated rings. The van der Waals surface area contributed by atoms with Crippen LogP contribution >= 0.6 is 0 Å². The first-order chi connectivity index (χ1) is 6.27. The summed E-state index contributed by atoms with van der Waals surface area (Å²) in [5.74, 6) is -0.781. The van der Waals surface area contributed by atoms with Gasteiger partial charge in [-0.25, -0.2) is 0 Å². The third kappa shape index (κ3) is 10.8. The zero-order valence-electron chi connectivity index (χ0n) is 7.61. The lowest BCUT2D eigenvalue weighted by atomic mass is 10.2. The summed E-state index contributed by atoms with van der Waals surface area (Å²) in [6, 6.07) is 0. The average molecular weight is 185 g/mol. The summed E-state index contributed by atoms with van der Waals surface area (Å²) in [6.07, 6.45) is 5.59. The van der Waals surface area contributed by atoms with Crippen LogP contribution in [-0.2, 0) is 9.59 Å². The number of aldehydes is 1.